The molecule has 2 rings (SSSR count). The zero-order valence-corrected chi connectivity index (χ0v) is 9.87. The lowest BCUT2D eigenvalue weighted by atomic mass is 10.1. The van der Waals surface area contributed by atoms with Gasteiger partial charge >= 0.3 is 5.69 Å². The Labute approximate surface area is 104 Å². The van der Waals surface area contributed by atoms with Crippen LogP contribution in [0.25, 0.3) is 0 Å². The number of benzene rings is 1. The van der Waals surface area contributed by atoms with Gasteiger partial charge in [-0.1, -0.05) is 0 Å². The van der Waals surface area contributed by atoms with Gasteiger partial charge in [0.15, 0.2) is 5.75 Å². The van der Waals surface area contributed by atoms with E-state index < -0.39 is 4.92 Å². The Morgan fingerprint density at radius 2 is 2.17 bits per heavy atom. The Morgan fingerprint density at radius 3 is 2.78 bits per heavy atom. The fourth-order valence-electron chi connectivity index (χ4n) is 1.88. The summed E-state index contributed by atoms with van der Waals surface area (Å²) in [6.07, 6.45) is 1.38. The molecule has 1 aromatic rings. The molecule has 0 aromatic heterocycles. The molecule has 1 saturated heterocycles. The Balaban J connectivity index is 2.19. The van der Waals surface area contributed by atoms with E-state index in [9.17, 15) is 10.1 Å². The van der Waals surface area contributed by atoms with Crippen molar-refractivity contribution in [2.45, 2.75) is 25.6 Å². The molecule has 0 bridgehead atoms. The summed E-state index contributed by atoms with van der Waals surface area (Å²) in [7, 11) is 0. The van der Waals surface area contributed by atoms with E-state index in [1.54, 1.807) is 0 Å². The van der Waals surface area contributed by atoms with Crippen molar-refractivity contribution >= 4 is 5.69 Å². The minimum atomic E-state index is -0.476. The van der Waals surface area contributed by atoms with Gasteiger partial charge in [0.25, 0.3) is 0 Å². The number of aliphatic hydroxyl groups excluding tert-OH is 1. The highest BCUT2D eigenvalue weighted by Crippen LogP contribution is 2.30. The number of nitrogens with zero attached hydrogens (tertiary/aromatic N) is 1. The minimum absolute atomic E-state index is 0.0635. The van der Waals surface area contributed by atoms with Crippen molar-refractivity contribution in [3.63, 3.8) is 0 Å². The van der Waals surface area contributed by atoms with Crippen LogP contribution >= 0.6 is 0 Å². The van der Waals surface area contributed by atoms with Crippen molar-refractivity contribution in [1.82, 2.24) is 0 Å². The molecule has 0 radical (unpaired) electrons. The largest absolute Gasteiger partial charge is 0.483 e. The second-order valence-corrected chi connectivity index (χ2v) is 4.15. The molecular weight excluding hydrogens is 238 g/mol. The van der Waals surface area contributed by atoms with Gasteiger partial charge in [-0.2, -0.15) is 0 Å². The first-order valence-electron chi connectivity index (χ1n) is 5.83. The van der Waals surface area contributed by atoms with Crippen LogP contribution in [0.3, 0.4) is 0 Å². The van der Waals surface area contributed by atoms with Gasteiger partial charge in [0, 0.05) is 18.9 Å². The highest BCUT2D eigenvalue weighted by molar-refractivity contribution is 5.48. The lowest BCUT2D eigenvalue weighted by Gasteiger charge is -2.23. The standard InChI is InChI=1S/C12H15NO5/c14-8-9-1-2-11(13(15)16)12(7-9)18-10-3-5-17-6-4-10/h1-2,7,10,14H,3-6,8H2. The van der Waals surface area contributed by atoms with Crippen LogP contribution in [-0.2, 0) is 11.3 Å². The smallest absolute Gasteiger partial charge is 0.310 e. The van der Waals surface area contributed by atoms with Crippen LogP contribution in [0.5, 0.6) is 5.75 Å². The van der Waals surface area contributed by atoms with Crippen LogP contribution in [-0.4, -0.2) is 29.3 Å². The fourth-order valence-corrected chi connectivity index (χ4v) is 1.88. The molecule has 0 amide bonds. The summed E-state index contributed by atoms with van der Waals surface area (Å²) in [6, 6.07) is 4.41. The topological polar surface area (TPSA) is 81.8 Å². The summed E-state index contributed by atoms with van der Waals surface area (Å²) in [5, 5.41) is 20.0. The fraction of sp³-hybridized carbons (Fsp3) is 0.500. The second kappa shape index (κ2) is 5.79. The van der Waals surface area contributed by atoms with Gasteiger partial charge in [-0.3, -0.25) is 10.1 Å². The van der Waals surface area contributed by atoms with Crippen molar-refractivity contribution in [1.29, 1.82) is 0 Å². The molecule has 0 unspecified atom stereocenters. The molecule has 1 N–H and O–H groups in total. The maximum Gasteiger partial charge on any atom is 0.310 e. The molecule has 0 saturated carbocycles. The summed E-state index contributed by atoms with van der Waals surface area (Å²) in [4.78, 5) is 10.4. The monoisotopic (exact) mass is 253 g/mol. The Morgan fingerprint density at radius 1 is 1.44 bits per heavy atom. The Bertz CT molecular complexity index is 428. The molecule has 0 aliphatic carbocycles. The van der Waals surface area contributed by atoms with E-state index in [1.807, 2.05) is 0 Å². The second-order valence-electron chi connectivity index (χ2n) is 4.15. The van der Waals surface area contributed by atoms with Crippen molar-refractivity contribution in [2.75, 3.05) is 13.2 Å². The lowest BCUT2D eigenvalue weighted by molar-refractivity contribution is -0.386. The molecule has 6 nitrogen and oxygen atoms in total. The Kier molecular flexibility index (Phi) is 4.11. The van der Waals surface area contributed by atoms with E-state index >= 15 is 0 Å². The minimum Gasteiger partial charge on any atom is -0.483 e. The van der Waals surface area contributed by atoms with Gasteiger partial charge < -0.3 is 14.6 Å². The normalized spacial score (nSPS) is 16.5. The highest BCUT2D eigenvalue weighted by Gasteiger charge is 2.21. The van der Waals surface area contributed by atoms with Gasteiger partial charge in [-0.05, 0) is 17.7 Å². The van der Waals surface area contributed by atoms with Gasteiger partial charge in [-0.25, -0.2) is 0 Å². The number of nitro groups is 1. The van der Waals surface area contributed by atoms with Gasteiger partial charge in [-0.15, -0.1) is 0 Å². The van der Waals surface area contributed by atoms with E-state index in [-0.39, 0.29) is 24.1 Å². The molecule has 18 heavy (non-hydrogen) atoms. The quantitative estimate of drug-likeness (QED) is 0.651. The molecule has 1 aliphatic heterocycles. The number of hydrogen-bond donors (Lipinski definition) is 1. The number of nitro benzene ring substituents is 1. The van der Waals surface area contributed by atoms with Crippen LogP contribution < -0.4 is 4.74 Å². The average Bonchev–Trinajstić information content (AvgIpc) is 2.39. The predicted molar refractivity (Wildman–Crippen MR) is 63.5 cm³/mol. The summed E-state index contributed by atoms with van der Waals surface area (Å²) in [5.41, 5.74) is 0.529. The summed E-state index contributed by atoms with van der Waals surface area (Å²) >= 11 is 0. The van der Waals surface area contributed by atoms with Crippen LogP contribution in [0, 0.1) is 10.1 Å². The van der Waals surface area contributed by atoms with E-state index in [1.165, 1.54) is 18.2 Å². The van der Waals surface area contributed by atoms with Gasteiger partial charge in [0.2, 0.25) is 0 Å². The van der Waals surface area contributed by atoms with Crippen molar-refractivity contribution < 1.29 is 19.5 Å². The van der Waals surface area contributed by atoms with Gasteiger partial charge in [0.1, 0.15) is 6.10 Å². The maximum absolute atomic E-state index is 10.9. The molecular formula is C12H15NO5. The molecule has 6 heteroatoms. The van der Waals surface area contributed by atoms with Crippen molar-refractivity contribution in [3.8, 4) is 5.75 Å². The van der Waals surface area contributed by atoms with E-state index in [0.29, 0.717) is 18.8 Å². The van der Waals surface area contributed by atoms with E-state index in [2.05, 4.69) is 0 Å². The number of hydrogen-bond acceptors (Lipinski definition) is 5. The summed E-state index contributed by atoms with van der Waals surface area (Å²) in [5.74, 6) is 0.221. The molecule has 0 atom stereocenters. The molecule has 1 aromatic carbocycles. The average molecular weight is 253 g/mol. The third-order valence-corrected chi connectivity index (χ3v) is 2.87. The first-order chi connectivity index (χ1) is 8.70. The third kappa shape index (κ3) is 2.96. The van der Waals surface area contributed by atoms with Gasteiger partial charge in [0.05, 0.1) is 24.7 Å². The molecule has 1 aliphatic rings. The first kappa shape index (κ1) is 12.8. The van der Waals surface area contributed by atoms with Crippen LogP contribution in [0.4, 0.5) is 5.69 Å². The van der Waals surface area contributed by atoms with Crippen LogP contribution in [0.15, 0.2) is 18.2 Å². The lowest BCUT2D eigenvalue weighted by Crippen LogP contribution is -2.26. The zero-order chi connectivity index (χ0) is 13.0. The van der Waals surface area contributed by atoms with E-state index in [4.69, 9.17) is 14.6 Å². The predicted octanol–water partition coefficient (Wildman–Crippen LogP) is 1.64. The van der Waals surface area contributed by atoms with Crippen molar-refractivity contribution in [2.24, 2.45) is 0 Å². The van der Waals surface area contributed by atoms with Crippen molar-refractivity contribution in [3.05, 3.63) is 33.9 Å². The number of rotatable bonds is 4. The third-order valence-electron chi connectivity index (χ3n) is 2.87. The number of ether oxygens (including phenoxy) is 2. The van der Waals surface area contributed by atoms with Crippen LogP contribution in [0.2, 0.25) is 0 Å². The zero-order valence-electron chi connectivity index (χ0n) is 9.87. The molecule has 1 fully saturated rings. The highest BCUT2D eigenvalue weighted by atomic mass is 16.6. The maximum atomic E-state index is 10.9. The summed E-state index contributed by atoms with van der Waals surface area (Å²) < 4.78 is 10.9. The molecule has 1 heterocycles. The van der Waals surface area contributed by atoms with Crippen LogP contribution in [0.1, 0.15) is 18.4 Å². The van der Waals surface area contributed by atoms with E-state index in [0.717, 1.165) is 12.8 Å². The summed E-state index contributed by atoms with van der Waals surface area (Å²) in [6.45, 7) is 1.05. The number of aliphatic hydroxyl groups is 1. The Hall–Kier alpha value is -1.66. The first-order valence-corrected chi connectivity index (χ1v) is 5.83. The molecule has 0 spiro atoms. The SMILES string of the molecule is O=[N+]([O-])c1ccc(CO)cc1OC1CCOCC1. The molecule has 98 valence electrons.